The summed E-state index contributed by atoms with van der Waals surface area (Å²) in [6.07, 6.45) is 0. The van der Waals surface area contributed by atoms with Crippen LogP contribution < -0.4 is 20.1 Å². The van der Waals surface area contributed by atoms with Gasteiger partial charge in [0.25, 0.3) is 0 Å². The van der Waals surface area contributed by atoms with Crippen LogP contribution in [0.2, 0.25) is 0 Å². The Bertz CT molecular complexity index is 742. The molecule has 22 heavy (non-hydrogen) atoms. The van der Waals surface area contributed by atoms with Crippen LogP contribution in [-0.4, -0.2) is 18.7 Å². The second-order valence-electron chi connectivity index (χ2n) is 5.63. The molecule has 0 radical (unpaired) electrons. The number of carbonyl (C=O) groups is 1. The molecule has 2 atom stereocenters. The van der Waals surface area contributed by atoms with E-state index < -0.39 is 6.04 Å². The number of β-lactam (4-membered cyclic amide) rings is 1. The quantitative estimate of drug-likeness (QED) is 0.862. The summed E-state index contributed by atoms with van der Waals surface area (Å²) in [5.41, 5.74) is 9.01. The maximum atomic E-state index is 12.2. The number of nitrogens with zero attached hydrogens (tertiary/aromatic N) is 1. The van der Waals surface area contributed by atoms with Crippen LogP contribution in [0.1, 0.15) is 17.2 Å². The standard InChI is InChI=1S/C17H16N2O3/c1-10-2-5-12(6-3-10)19-16(15(18)17(19)20)11-4-7-13-14(8-11)22-9-21-13/h2-8,15-16H,9,18H2,1H3/t15-,16+/m1/s1. The third-order valence-electron chi connectivity index (χ3n) is 4.19. The number of aryl methyl sites for hydroxylation is 1. The number of anilines is 1. The van der Waals surface area contributed by atoms with Crippen molar-refractivity contribution in [1.82, 2.24) is 0 Å². The van der Waals surface area contributed by atoms with Crippen molar-refractivity contribution in [2.45, 2.75) is 19.0 Å². The molecule has 1 fully saturated rings. The summed E-state index contributed by atoms with van der Waals surface area (Å²) < 4.78 is 10.7. The number of hydrogen-bond donors (Lipinski definition) is 1. The van der Waals surface area contributed by atoms with E-state index in [4.69, 9.17) is 15.2 Å². The molecule has 0 aromatic heterocycles. The molecule has 2 aliphatic rings. The first kappa shape index (κ1) is 13.2. The molecule has 2 N–H and O–H groups in total. The van der Waals surface area contributed by atoms with E-state index >= 15 is 0 Å². The van der Waals surface area contributed by atoms with Crippen LogP contribution in [-0.2, 0) is 4.79 Å². The molecule has 1 amide bonds. The molecule has 0 saturated carbocycles. The molecule has 2 aromatic carbocycles. The van der Waals surface area contributed by atoms with Gasteiger partial charge in [-0.15, -0.1) is 0 Å². The molecule has 112 valence electrons. The van der Waals surface area contributed by atoms with E-state index in [0.717, 1.165) is 22.6 Å². The van der Waals surface area contributed by atoms with Gasteiger partial charge in [-0.25, -0.2) is 0 Å². The third kappa shape index (κ3) is 1.86. The first-order valence-electron chi connectivity index (χ1n) is 7.20. The van der Waals surface area contributed by atoms with Crippen LogP contribution in [0.4, 0.5) is 5.69 Å². The molecular weight excluding hydrogens is 280 g/mol. The minimum Gasteiger partial charge on any atom is -0.454 e. The van der Waals surface area contributed by atoms with Gasteiger partial charge < -0.3 is 20.1 Å². The topological polar surface area (TPSA) is 64.8 Å². The zero-order valence-corrected chi connectivity index (χ0v) is 12.2. The van der Waals surface area contributed by atoms with Crippen molar-refractivity contribution in [2.75, 3.05) is 11.7 Å². The number of hydrogen-bond acceptors (Lipinski definition) is 4. The fraction of sp³-hybridized carbons (Fsp3) is 0.235. The highest BCUT2D eigenvalue weighted by Gasteiger charge is 2.46. The van der Waals surface area contributed by atoms with E-state index in [2.05, 4.69) is 0 Å². The van der Waals surface area contributed by atoms with Crippen LogP contribution >= 0.6 is 0 Å². The summed E-state index contributed by atoms with van der Waals surface area (Å²) in [6.45, 7) is 2.25. The van der Waals surface area contributed by atoms with Gasteiger partial charge in [0.15, 0.2) is 11.5 Å². The van der Waals surface area contributed by atoms with Crippen LogP contribution in [0.5, 0.6) is 11.5 Å². The number of rotatable bonds is 2. The van der Waals surface area contributed by atoms with Gasteiger partial charge in [0.05, 0.1) is 6.04 Å². The van der Waals surface area contributed by atoms with Crippen LogP contribution in [0.15, 0.2) is 42.5 Å². The molecule has 4 rings (SSSR count). The van der Waals surface area contributed by atoms with Crippen molar-refractivity contribution in [2.24, 2.45) is 5.73 Å². The third-order valence-corrected chi connectivity index (χ3v) is 4.19. The van der Waals surface area contributed by atoms with E-state index in [1.807, 2.05) is 49.4 Å². The lowest BCUT2D eigenvalue weighted by atomic mass is 9.88. The number of ether oxygens (including phenoxy) is 2. The molecule has 5 nitrogen and oxygen atoms in total. The molecule has 2 aliphatic heterocycles. The SMILES string of the molecule is Cc1ccc(N2C(=O)[C@H](N)[C@@H]2c2ccc3c(c2)OCO3)cc1. The van der Waals surface area contributed by atoms with Crippen molar-refractivity contribution in [3.63, 3.8) is 0 Å². The van der Waals surface area contributed by atoms with Gasteiger partial charge in [0.1, 0.15) is 6.04 Å². The second kappa shape index (κ2) is 4.74. The Hall–Kier alpha value is -2.53. The summed E-state index contributed by atoms with van der Waals surface area (Å²) in [5, 5.41) is 0. The number of carbonyl (C=O) groups excluding carboxylic acids is 1. The van der Waals surface area contributed by atoms with E-state index in [1.54, 1.807) is 4.90 Å². The van der Waals surface area contributed by atoms with Gasteiger partial charge in [-0.2, -0.15) is 0 Å². The molecule has 2 aromatic rings. The molecule has 1 saturated heterocycles. The Balaban J connectivity index is 1.70. The van der Waals surface area contributed by atoms with E-state index in [9.17, 15) is 4.79 Å². The minimum absolute atomic E-state index is 0.0634. The molecule has 0 bridgehead atoms. The normalized spacial score (nSPS) is 22.6. The molecule has 0 unspecified atom stereocenters. The zero-order valence-electron chi connectivity index (χ0n) is 12.2. The summed E-state index contributed by atoms with van der Waals surface area (Å²) in [4.78, 5) is 13.9. The Morgan fingerprint density at radius 3 is 2.59 bits per heavy atom. The van der Waals surface area contributed by atoms with Gasteiger partial charge in [-0.1, -0.05) is 23.8 Å². The minimum atomic E-state index is -0.526. The Morgan fingerprint density at radius 2 is 1.82 bits per heavy atom. The summed E-state index contributed by atoms with van der Waals surface area (Å²) in [5.74, 6) is 1.37. The second-order valence-corrected chi connectivity index (χ2v) is 5.63. The average molecular weight is 296 g/mol. The predicted molar refractivity (Wildman–Crippen MR) is 81.9 cm³/mol. The first-order valence-corrected chi connectivity index (χ1v) is 7.20. The molecule has 0 aliphatic carbocycles. The van der Waals surface area contributed by atoms with Crippen molar-refractivity contribution in [3.05, 3.63) is 53.6 Å². The Labute approximate surface area is 128 Å². The largest absolute Gasteiger partial charge is 0.454 e. The summed E-state index contributed by atoms with van der Waals surface area (Å²) >= 11 is 0. The maximum absolute atomic E-state index is 12.2. The smallest absolute Gasteiger partial charge is 0.247 e. The van der Waals surface area contributed by atoms with E-state index in [-0.39, 0.29) is 18.7 Å². The zero-order chi connectivity index (χ0) is 15.3. The van der Waals surface area contributed by atoms with Crippen molar-refractivity contribution >= 4 is 11.6 Å². The molecule has 2 heterocycles. The lowest BCUT2D eigenvalue weighted by Crippen LogP contribution is -2.63. The number of nitrogens with two attached hydrogens (primary N) is 1. The maximum Gasteiger partial charge on any atom is 0.247 e. The first-order chi connectivity index (χ1) is 10.6. The molecule has 5 heteroatoms. The number of benzene rings is 2. The van der Waals surface area contributed by atoms with Crippen molar-refractivity contribution in [3.8, 4) is 11.5 Å². The van der Waals surface area contributed by atoms with Gasteiger partial charge in [-0.05, 0) is 36.8 Å². The Kier molecular flexibility index (Phi) is 2.84. The highest BCUT2D eigenvalue weighted by atomic mass is 16.7. The fourth-order valence-electron chi connectivity index (χ4n) is 2.96. The average Bonchev–Trinajstić information content (AvgIpc) is 3.00. The van der Waals surface area contributed by atoms with E-state index in [1.165, 1.54) is 0 Å². The predicted octanol–water partition coefficient (Wildman–Crippen LogP) is 2.14. The highest BCUT2D eigenvalue weighted by Crippen LogP contribution is 2.42. The fourth-order valence-corrected chi connectivity index (χ4v) is 2.96. The highest BCUT2D eigenvalue weighted by molar-refractivity contribution is 6.05. The lowest BCUT2D eigenvalue weighted by molar-refractivity contribution is -0.126. The van der Waals surface area contributed by atoms with Crippen LogP contribution in [0, 0.1) is 6.92 Å². The Morgan fingerprint density at radius 1 is 1.09 bits per heavy atom. The van der Waals surface area contributed by atoms with Crippen molar-refractivity contribution in [1.29, 1.82) is 0 Å². The van der Waals surface area contributed by atoms with Crippen LogP contribution in [0.25, 0.3) is 0 Å². The van der Waals surface area contributed by atoms with Gasteiger partial charge in [0, 0.05) is 5.69 Å². The monoisotopic (exact) mass is 296 g/mol. The lowest BCUT2D eigenvalue weighted by Gasteiger charge is -2.45. The van der Waals surface area contributed by atoms with Crippen LogP contribution in [0.3, 0.4) is 0 Å². The number of amides is 1. The summed E-state index contributed by atoms with van der Waals surface area (Å²) in [7, 11) is 0. The van der Waals surface area contributed by atoms with Crippen molar-refractivity contribution < 1.29 is 14.3 Å². The van der Waals surface area contributed by atoms with Gasteiger partial charge in [0.2, 0.25) is 12.7 Å². The molecule has 0 spiro atoms. The van der Waals surface area contributed by atoms with Gasteiger partial charge >= 0.3 is 0 Å². The number of fused-ring (bicyclic) bond motifs is 1. The molecular formula is C17H16N2O3. The van der Waals surface area contributed by atoms with Gasteiger partial charge in [-0.3, -0.25) is 4.79 Å². The van der Waals surface area contributed by atoms with E-state index in [0.29, 0.717) is 5.75 Å². The summed E-state index contributed by atoms with van der Waals surface area (Å²) in [6, 6.07) is 12.9.